The minimum atomic E-state index is -0.823. The molecule has 3 aromatic heterocycles. The van der Waals surface area contributed by atoms with E-state index in [2.05, 4.69) is 26.0 Å². The van der Waals surface area contributed by atoms with Crippen LogP contribution >= 0.6 is 0 Å². The molecule has 6 rings (SSSR count). The van der Waals surface area contributed by atoms with Gasteiger partial charge < -0.3 is 9.72 Å². The first-order chi connectivity index (χ1) is 16.0. The van der Waals surface area contributed by atoms with E-state index in [1.807, 2.05) is 0 Å². The maximum Gasteiger partial charge on any atom is 0.328 e. The Balaban J connectivity index is 1.56. The topological polar surface area (TPSA) is 114 Å². The molecule has 0 spiro atoms. The number of halogens is 2. The molecule has 1 atom stereocenters. The SMILES string of the molecule is N#Cc1ccc2ncn(-c3ncc4[nH]c(=O)n([C@@H]5CCOc6c(F)cc(F)cc65)c4n3)c2c1. The van der Waals surface area contributed by atoms with E-state index in [0.717, 1.165) is 6.07 Å². The van der Waals surface area contributed by atoms with Crippen molar-refractivity contribution >= 4 is 22.2 Å². The summed E-state index contributed by atoms with van der Waals surface area (Å²) in [7, 11) is 0. The number of nitrogens with one attached hydrogen (secondary N) is 1. The highest BCUT2D eigenvalue weighted by atomic mass is 19.1. The molecule has 1 N–H and O–H groups in total. The molecule has 0 aliphatic carbocycles. The molecule has 33 heavy (non-hydrogen) atoms. The van der Waals surface area contributed by atoms with Gasteiger partial charge in [-0.15, -0.1) is 0 Å². The summed E-state index contributed by atoms with van der Waals surface area (Å²) >= 11 is 0. The Bertz CT molecular complexity index is 1680. The summed E-state index contributed by atoms with van der Waals surface area (Å²) < 4.78 is 36.7. The van der Waals surface area contributed by atoms with Crippen molar-refractivity contribution < 1.29 is 13.5 Å². The third kappa shape index (κ3) is 2.88. The average molecular weight is 445 g/mol. The van der Waals surface area contributed by atoms with Crippen LogP contribution in [0.3, 0.4) is 0 Å². The van der Waals surface area contributed by atoms with Gasteiger partial charge in [-0.3, -0.25) is 9.13 Å². The molecule has 0 saturated carbocycles. The molecule has 5 aromatic rings. The molecular weight excluding hydrogens is 432 g/mol. The fourth-order valence-electron chi connectivity index (χ4n) is 4.23. The predicted molar refractivity (Wildman–Crippen MR) is 112 cm³/mol. The first kappa shape index (κ1) is 19.1. The quantitative estimate of drug-likeness (QED) is 0.447. The lowest BCUT2D eigenvalue weighted by Crippen LogP contribution is -2.28. The average Bonchev–Trinajstić information content (AvgIpc) is 3.37. The summed E-state index contributed by atoms with van der Waals surface area (Å²) in [5.41, 5.74) is 2.11. The van der Waals surface area contributed by atoms with Crippen LogP contribution in [0, 0.1) is 23.0 Å². The van der Waals surface area contributed by atoms with Crippen LogP contribution in [-0.2, 0) is 0 Å². The number of H-pyrrole nitrogens is 1. The van der Waals surface area contributed by atoms with Crippen LogP contribution < -0.4 is 10.4 Å². The van der Waals surface area contributed by atoms with Crippen molar-refractivity contribution in [2.24, 2.45) is 0 Å². The summed E-state index contributed by atoms with van der Waals surface area (Å²) in [6.07, 6.45) is 3.31. The molecule has 4 heterocycles. The van der Waals surface area contributed by atoms with E-state index in [0.29, 0.717) is 28.5 Å². The summed E-state index contributed by atoms with van der Waals surface area (Å²) in [6, 6.07) is 8.36. The van der Waals surface area contributed by atoms with Crippen LogP contribution in [0.15, 0.2) is 47.7 Å². The van der Waals surface area contributed by atoms with Crippen molar-refractivity contribution in [2.75, 3.05) is 6.61 Å². The third-order valence-electron chi connectivity index (χ3n) is 5.68. The number of aromatic nitrogens is 6. The Kier molecular flexibility index (Phi) is 4.03. The highest BCUT2D eigenvalue weighted by Crippen LogP contribution is 2.37. The van der Waals surface area contributed by atoms with Gasteiger partial charge in [-0.05, 0) is 24.3 Å². The maximum absolute atomic E-state index is 14.3. The number of nitriles is 1. The standard InChI is InChI=1S/C22H13F2N7O2/c23-12-6-13-17(3-4-33-19(13)14(24)7-12)31-20-16(28-22(31)32)9-26-21(29-20)30-10-27-15-2-1-11(8-25)5-18(15)30/h1-2,5-7,9-10,17H,3-4H2,(H,28,32)/t17-/m1/s1. The second-order valence-corrected chi connectivity index (χ2v) is 7.60. The number of nitrogens with zero attached hydrogens (tertiary/aromatic N) is 6. The highest BCUT2D eigenvalue weighted by Gasteiger charge is 2.30. The fourth-order valence-corrected chi connectivity index (χ4v) is 4.23. The number of rotatable bonds is 2. The van der Waals surface area contributed by atoms with Crippen LogP contribution in [0.2, 0.25) is 0 Å². The Morgan fingerprint density at radius 1 is 1.21 bits per heavy atom. The first-order valence-electron chi connectivity index (χ1n) is 10.00. The molecule has 162 valence electrons. The van der Waals surface area contributed by atoms with E-state index in [1.165, 1.54) is 23.2 Å². The van der Waals surface area contributed by atoms with Gasteiger partial charge in [-0.1, -0.05) is 0 Å². The maximum atomic E-state index is 14.3. The molecule has 0 radical (unpaired) electrons. The van der Waals surface area contributed by atoms with Crippen LogP contribution in [0.25, 0.3) is 28.1 Å². The Morgan fingerprint density at radius 2 is 2.09 bits per heavy atom. The van der Waals surface area contributed by atoms with Gasteiger partial charge in [-0.25, -0.2) is 23.5 Å². The number of imidazole rings is 2. The monoisotopic (exact) mass is 445 g/mol. The van der Waals surface area contributed by atoms with Crippen molar-refractivity contribution in [1.29, 1.82) is 5.26 Å². The molecule has 0 fully saturated rings. The van der Waals surface area contributed by atoms with Crippen LogP contribution in [0.4, 0.5) is 8.78 Å². The first-order valence-corrected chi connectivity index (χ1v) is 10.00. The van der Waals surface area contributed by atoms with E-state index < -0.39 is 23.4 Å². The summed E-state index contributed by atoms with van der Waals surface area (Å²) in [6.45, 7) is 0.153. The number of hydrogen-bond acceptors (Lipinski definition) is 6. The predicted octanol–water partition coefficient (Wildman–Crippen LogP) is 2.98. The molecular formula is C22H13F2N7O2. The van der Waals surface area contributed by atoms with Gasteiger partial charge >= 0.3 is 5.69 Å². The van der Waals surface area contributed by atoms with Gasteiger partial charge in [0.05, 0.1) is 41.5 Å². The second-order valence-electron chi connectivity index (χ2n) is 7.60. The Labute approximate surface area is 183 Å². The normalized spacial score (nSPS) is 15.4. The van der Waals surface area contributed by atoms with Crippen molar-refractivity contribution in [2.45, 2.75) is 12.5 Å². The lowest BCUT2D eigenvalue weighted by atomic mass is 10.00. The van der Waals surface area contributed by atoms with Crippen molar-refractivity contribution in [3.63, 3.8) is 0 Å². The molecule has 11 heteroatoms. The van der Waals surface area contributed by atoms with E-state index in [4.69, 9.17) is 4.74 Å². The van der Waals surface area contributed by atoms with Gasteiger partial charge in [0.2, 0.25) is 5.95 Å². The Hall–Kier alpha value is -4.59. The minimum Gasteiger partial charge on any atom is -0.490 e. The van der Waals surface area contributed by atoms with Crippen LogP contribution in [0.1, 0.15) is 23.6 Å². The molecule has 2 aromatic carbocycles. The van der Waals surface area contributed by atoms with E-state index >= 15 is 0 Å². The minimum absolute atomic E-state index is 0.0761. The molecule has 0 amide bonds. The number of hydrogen-bond donors (Lipinski definition) is 1. The third-order valence-corrected chi connectivity index (χ3v) is 5.68. The summed E-state index contributed by atoms with van der Waals surface area (Å²) in [4.78, 5) is 28.8. The molecule has 1 aliphatic heterocycles. The van der Waals surface area contributed by atoms with Crippen molar-refractivity contribution in [3.8, 4) is 17.8 Å². The molecule has 0 bridgehead atoms. The lowest BCUT2D eigenvalue weighted by Gasteiger charge is -2.27. The van der Waals surface area contributed by atoms with Crippen molar-refractivity contribution in [3.05, 3.63) is 76.1 Å². The van der Waals surface area contributed by atoms with Gasteiger partial charge in [0.25, 0.3) is 0 Å². The van der Waals surface area contributed by atoms with Crippen molar-refractivity contribution in [1.82, 2.24) is 29.1 Å². The number of benzene rings is 2. The smallest absolute Gasteiger partial charge is 0.328 e. The number of ether oxygens (including phenoxy) is 1. The number of aromatic amines is 1. The van der Waals surface area contributed by atoms with Gasteiger partial charge in [0.15, 0.2) is 17.2 Å². The van der Waals surface area contributed by atoms with Crippen LogP contribution in [-0.4, -0.2) is 35.7 Å². The lowest BCUT2D eigenvalue weighted by molar-refractivity contribution is 0.242. The van der Waals surface area contributed by atoms with Gasteiger partial charge in [0.1, 0.15) is 17.7 Å². The van der Waals surface area contributed by atoms with Gasteiger partial charge in [0, 0.05) is 18.1 Å². The largest absolute Gasteiger partial charge is 0.490 e. The molecule has 0 saturated heterocycles. The highest BCUT2D eigenvalue weighted by molar-refractivity contribution is 5.79. The number of fused-ring (bicyclic) bond motifs is 3. The molecule has 9 nitrogen and oxygen atoms in total. The molecule has 1 aliphatic rings. The Morgan fingerprint density at radius 3 is 2.94 bits per heavy atom. The fraction of sp³-hybridized carbons (Fsp3) is 0.136. The van der Waals surface area contributed by atoms with E-state index in [9.17, 15) is 18.8 Å². The summed E-state index contributed by atoms with van der Waals surface area (Å²) in [5.74, 6) is -1.43. The zero-order valence-corrected chi connectivity index (χ0v) is 16.8. The zero-order valence-electron chi connectivity index (χ0n) is 16.8. The summed E-state index contributed by atoms with van der Waals surface area (Å²) in [5, 5.41) is 9.22. The zero-order chi connectivity index (χ0) is 22.7. The second kappa shape index (κ2) is 6.96. The van der Waals surface area contributed by atoms with E-state index in [1.54, 1.807) is 22.8 Å². The van der Waals surface area contributed by atoms with E-state index in [-0.39, 0.29) is 29.5 Å². The van der Waals surface area contributed by atoms with Gasteiger partial charge in [-0.2, -0.15) is 10.2 Å². The van der Waals surface area contributed by atoms with Crippen LogP contribution in [0.5, 0.6) is 5.75 Å². The molecule has 0 unspecified atom stereocenters.